The number of nitrogens with zero attached hydrogens (tertiary/aromatic N) is 4. The van der Waals surface area contributed by atoms with Gasteiger partial charge in [-0.05, 0) is 87.8 Å². The van der Waals surface area contributed by atoms with Gasteiger partial charge in [0.2, 0.25) is 0 Å². The Kier molecular flexibility index (Phi) is 9.19. The number of nitrogens with one attached hydrogen (secondary N) is 3. The first-order valence-electron chi connectivity index (χ1n) is 13.5. The highest BCUT2D eigenvalue weighted by Gasteiger charge is 2.13. The molecule has 0 saturated carbocycles. The average molecular weight is 580 g/mol. The molecule has 4 aromatic rings. The van der Waals surface area contributed by atoms with Crippen molar-refractivity contribution >= 4 is 50.6 Å². The van der Waals surface area contributed by atoms with Crippen molar-refractivity contribution in [2.45, 2.75) is 43.2 Å². The number of carbonyl (C=O) groups excluding carboxylic acids is 1. The lowest BCUT2D eigenvalue weighted by atomic mass is 10.1. The number of hydrogen-bond donors (Lipinski definition) is 3. The quantitative estimate of drug-likeness (QED) is 0.236. The van der Waals surface area contributed by atoms with Crippen LogP contribution in [0.4, 0.5) is 16.2 Å². The highest BCUT2D eigenvalue weighted by molar-refractivity contribution is 7.86. The molecule has 3 N–H and O–H groups in total. The van der Waals surface area contributed by atoms with Crippen LogP contribution in [0.15, 0.2) is 64.0 Å². The van der Waals surface area contributed by atoms with Crippen molar-refractivity contribution in [1.82, 2.24) is 24.2 Å². The molecule has 1 fully saturated rings. The van der Waals surface area contributed by atoms with Gasteiger partial charge in [0.15, 0.2) is 11.0 Å². The molecule has 1 aromatic carbocycles. The minimum Gasteiger partial charge on any atom is -0.385 e. The zero-order chi connectivity index (χ0) is 27.9. The van der Waals surface area contributed by atoms with Crippen molar-refractivity contribution in [2.75, 3.05) is 36.8 Å². The van der Waals surface area contributed by atoms with E-state index in [4.69, 9.17) is 0 Å². The molecule has 1 saturated heterocycles. The van der Waals surface area contributed by atoms with Crippen LogP contribution in [0.5, 0.6) is 0 Å². The molecular formula is C28H33N7O3S2. The number of aromatic nitrogens is 3. The molecule has 4 heterocycles. The molecule has 5 rings (SSSR count). The Balaban J connectivity index is 1.18. The van der Waals surface area contributed by atoms with E-state index in [1.165, 1.54) is 60.8 Å². The molecular weight excluding hydrogens is 546 g/mol. The fourth-order valence-corrected chi connectivity index (χ4v) is 6.59. The van der Waals surface area contributed by atoms with E-state index in [9.17, 15) is 13.8 Å². The average Bonchev–Trinajstić information content (AvgIpc) is 3.46. The summed E-state index contributed by atoms with van der Waals surface area (Å²) in [6.07, 6.45) is 8.76. The fourth-order valence-electron chi connectivity index (χ4n) is 4.65. The van der Waals surface area contributed by atoms with Gasteiger partial charge in [-0.25, -0.2) is 19.0 Å². The van der Waals surface area contributed by atoms with Crippen LogP contribution in [-0.4, -0.2) is 55.9 Å². The van der Waals surface area contributed by atoms with E-state index in [-0.39, 0.29) is 5.56 Å². The fraction of sp³-hybridized carbons (Fsp3) is 0.357. The summed E-state index contributed by atoms with van der Waals surface area (Å²) in [5, 5.41) is 6.55. The number of rotatable bonds is 10. The van der Waals surface area contributed by atoms with Crippen molar-refractivity contribution in [2.24, 2.45) is 0 Å². The maximum absolute atomic E-state index is 13.2. The molecule has 1 aliphatic rings. The predicted molar refractivity (Wildman–Crippen MR) is 161 cm³/mol. The number of aryl methyl sites for hydroxylation is 1. The first-order chi connectivity index (χ1) is 19.5. The molecule has 1 atom stereocenters. The Labute approximate surface area is 239 Å². The monoisotopic (exact) mass is 579 g/mol. The van der Waals surface area contributed by atoms with Gasteiger partial charge in [-0.2, -0.15) is 0 Å². The lowest BCUT2D eigenvalue weighted by Crippen LogP contribution is -2.31. The van der Waals surface area contributed by atoms with Crippen molar-refractivity contribution in [3.63, 3.8) is 0 Å². The van der Waals surface area contributed by atoms with E-state index in [1.807, 2.05) is 25.1 Å². The third-order valence-electron chi connectivity index (χ3n) is 6.79. The number of anilines is 2. The van der Waals surface area contributed by atoms with Gasteiger partial charge >= 0.3 is 6.03 Å². The van der Waals surface area contributed by atoms with Crippen LogP contribution in [0.25, 0.3) is 16.7 Å². The number of carbonyl (C=O) groups is 1. The lowest BCUT2D eigenvalue weighted by molar-refractivity contribution is 0.228. The Hall–Kier alpha value is -3.61. The number of pyridine rings is 1. The number of piperidine rings is 1. The number of urea groups is 1. The van der Waals surface area contributed by atoms with Crippen LogP contribution in [-0.2, 0) is 17.4 Å². The summed E-state index contributed by atoms with van der Waals surface area (Å²) < 4.78 is 16.8. The van der Waals surface area contributed by atoms with Gasteiger partial charge in [0.05, 0.1) is 22.8 Å². The molecule has 3 aromatic heterocycles. The van der Waals surface area contributed by atoms with Crippen molar-refractivity contribution in [3.05, 3.63) is 70.2 Å². The van der Waals surface area contributed by atoms with Gasteiger partial charge in [-0.15, -0.1) is 11.3 Å². The van der Waals surface area contributed by atoms with Crippen LogP contribution in [0, 0.1) is 0 Å². The first kappa shape index (κ1) is 27.9. The van der Waals surface area contributed by atoms with Crippen LogP contribution in [0.1, 0.15) is 37.5 Å². The largest absolute Gasteiger partial charge is 0.385 e. The molecule has 1 unspecified atom stereocenters. The summed E-state index contributed by atoms with van der Waals surface area (Å²) in [5.41, 5.74) is 1.72. The van der Waals surface area contributed by atoms with E-state index in [0.29, 0.717) is 26.6 Å². The van der Waals surface area contributed by atoms with E-state index < -0.39 is 17.0 Å². The normalized spacial score (nSPS) is 14.6. The molecule has 0 bridgehead atoms. The summed E-state index contributed by atoms with van der Waals surface area (Å²) in [4.78, 5) is 37.9. The predicted octanol–water partition coefficient (Wildman–Crippen LogP) is 4.54. The molecule has 1 aliphatic heterocycles. The van der Waals surface area contributed by atoms with E-state index in [2.05, 4.69) is 30.2 Å². The summed E-state index contributed by atoms with van der Waals surface area (Å²) >= 11 is 1.40. The number of fused-ring (bicyclic) bond motifs is 1. The van der Waals surface area contributed by atoms with Gasteiger partial charge in [0.25, 0.3) is 5.56 Å². The van der Waals surface area contributed by atoms with Gasteiger partial charge in [-0.1, -0.05) is 13.3 Å². The van der Waals surface area contributed by atoms with Crippen molar-refractivity contribution in [3.8, 4) is 5.82 Å². The van der Waals surface area contributed by atoms with Crippen molar-refractivity contribution in [1.29, 1.82) is 0 Å². The highest BCUT2D eigenvalue weighted by atomic mass is 32.2. The maximum atomic E-state index is 13.2. The topological polar surface area (TPSA) is 121 Å². The Bertz CT molecular complexity index is 1550. The molecule has 0 spiro atoms. The van der Waals surface area contributed by atoms with Gasteiger partial charge in [0.1, 0.15) is 16.4 Å². The second-order valence-electron chi connectivity index (χ2n) is 9.64. The van der Waals surface area contributed by atoms with E-state index in [0.717, 1.165) is 36.5 Å². The second-order valence-corrected chi connectivity index (χ2v) is 12.2. The van der Waals surface area contributed by atoms with E-state index in [1.54, 1.807) is 24.3 Å². The standard InChI is InChI=1S/C28H33N7O3S2/c1-2-22-9-12-26(39-22)40(38)33-28(37)32-21-8-11-25(30-18-21)35-19-31-24-17-20(7-10-23(24)27(35)36)29-13-6-16-34-14-4-3-5-15-34/h7-12,17-19,29H,2-6,13-16H2,1H3,(H2,32,33,37). The third kappa shape index (κ3) is 6.93. The third-order valence-corrected chi connectivity index (χ3v) is 9.39. The van der Waals surface area contributed by atoms with E-state index >= 15 is 0 Å². The summed E-state index contributed by atoms with van der Waals surface area (Å²) in [6, 6.07) is 11.9. The minimum atomic E-state index is -1.65. The summed E-state index contributed by atoms with van der Waals surface area (Å²) in [6.45, 7) is 6.39. The van der Waals surface area contributed by atoms with Gasteiger partial charge in [-0.3, -0.25) is 14.1 Å². The van der Waals surface area contributed by atoms with Crippen LogP contribution >= 0.6 is 11.3 Å². The molecule has 210 valence electrons. The number of benzene rings is 1. The lowest BCUT2D eigenvalue weighted by Gasteiger charge is -2.26. The summed E-state index contributed by atoms with van der Waals surface area (Å²) in [5.74, 6) is 0.375. The first-order valence-corrected chi connectivity index (χ1v) is 15.5. The maximum Gasteiger partial charge on any atom is 0.331 e. The zero-order valence-corrected chi connectivity index (χ0v) is 24.0. The molecule has 40 heavy (non-hydrogen) atoms. The molecule has 12 heteroatoms. The highest BCUT2D eigenvalue weighted by Crippen LogP contribution is 2.20. The SMILES string of the molecule is CCc1ccc(S(=O)NC(=O)Nc2ccc(-n3cnc4cc(NCCCN5CCCCC5)ccc4c3=O)nc2)s1. The van der Waals surface area contributed by atoms with Crippen molar-refractivity contribution < 1.29 is 9.00 Å². The van der Waals surface area contributed by atoms with Crippen LogP contribution < -0.4 is 20.9 Å². The summed E-state index contributed by atoms with van der Waals surface area (Å²) in [7, 11) is -1.65. The molecule has 0 radical (unpaired) electrons. The second kappa shape index (κ2) is 13.2. The van der Waals surface area contributed by atoms with Gasteiger partial charge < -0.3 is 15.5 Å². The molecule has 10 nitrogen and oxygen atoms in total. The Morgan fingerprint density at radius 2 is 1.88 bits per heavy atom. The smallest absolute Gasteiger partial charge is 0.331 e. The molecule has 0 aliphatic carbocycles. The Morgan fingerprint density at radius 1 is 1.05 bits per heavy atom. The zero-order valence-electron chi connectivity index (χ0n) is 22.4. The Morgan fingerprint density at radius 3 is 2.62 bits per heavy atom. The van der Waals surface area contributed by atoms with Crippen LogP contribution in [0.2, 0.25) is 0 Å². The molecule has 2 amide bonds. The minimum absolute atomic E-state index is 0.231. The number of hydrogen-bond acceptors (Lipinski definition) is 8. The van der Waals surface area contributed by atoms with Gasteiger partial charge in [0, 0.05) is 17.1 Å². The number of likely N-dealkylation sites (tertiary alicyclic amines) is 1. The number of thiophene rings is 1. The van der Waals surface area contributed by atoms with Crippen LogP contribution in [0.3, 0.4) is 0 Å². The number of amides is 2.